The molecule has 1 atom stereocenters. The molecule has 4 heteroatoms. The van der Waals surface area contributed by atoms with E-state index in [4.69, 9.17) is 5.73 Å². The number of nitrogen functional groups attached to an aromatic ring is 1. The van der Waals surface area contributed by atoms with E-state index in [1.165, 1.54) is 5.56 Å². The number of fused-ring (bicyclic) bond motifs is 1. The molecule has 92 valence electrons. The molecule has 0 fully saturated rings. The van der Waals surface area contributed by atoms with Crippen molar-refractivity contribution in [3.8, 4) is 0 Å². The molecule has 0 radical (unpaired) electrons. The number of nitrogens with zero attached hydrogens (tertiary/aromatic N) is 3. The molecule has 0 amide bonds. The summed E-state index contributed by atoms with van der Waals surface area (Å²) < 4.78 is 2.11. The molecule has 0 aliphatic carbocycles. The lowest BCUT2D eigenvalue weighted by Crippen LogP contribution is -2.23. The molecule has 0 aliphatic heterocycles. The Morgan fingerprint density at radius 2 is 2.12 bits per heavy atom. The third kappa shape index (κ3) is 2.13. The van der Waals surface area contributed by atoms with E-state index in [-0.39, 0.29) is 0 Å². The fourth-order valence-electron chi connectivity index (χ4n) is 2.35. The number of aryl methyl sites for hydroxylation is 1. The SMILES string of the molecule is Cc1cccc2c1nc(N)n2C(C)CN(C)C. The molecular formula is C13H20N4. The summed E-state index contributed by atoms with van der Waals surface area (Å²) in [6.07, 6.45) is 0. The van der Waals surface area contributed by atoms with Crippen molar-refractivity contribution in [2.45, 2.75) is 19.9 Å². The third-order valence-corrected chi connectivity index (χ3v) is 3.02. The first-order valence-corrected chi connectivity index (χ1v) is 5.88. The Morgan fingerprint density at radius 3 is 2.76 bits per heavy atom. The highest BCUT2D eigenvalue weighted by Crippen LogP contribution is 2.25. The van der Waals surface area contributed by atoms with Crippen LogP contribution in [0.5, 0.6) is 0 Å². The fourth-order valence-corrected chi connectivity index (χ4v) is 2.35. The van der Waals surface area contributed by atoms with Gasteiger partial charge in [0.15, 0.2) is 0 Å². The molecule has 1 unspecified atom stereocenters. The lowest BCUT2D eigenvalue weighted by Gasteiger charge is -2.20. The minimum absolute atomic E-state index is 0.316. The van der Waals surface area contributed by atoms with Gasteiger partial charge in [-0.2, -0.15) is 0 Å². The summed E-state index contributed by atoms with van der Waals surface area (Å²) in [6.45, 7) is 5.18. The molecule has 1 aromatic carbocycles. The van der Waals surface area contributed by atoms with Gasteiger partial charge in [0.2, 0.25) is 5.95 Å². The highest BCUT2D eigenvalue weighted by molar-refractivity contribution is 5.81. The number of anilines is 1. The first-order chi connectivity index (χ1) is 8.00. The molecule has 0 bridgehead atoms. The maximum absolute atomic E-state index is 6.03. The molecule has 0 aliphatic rings. The number of nitrogens with two attached hydrogens (primary N) is 1. The first kappa shape index (κ1) is 11.9. The summed E-state index contributed by atoms with van der Waals surface area (Å²) in [5, 5.41) is 0. The zero-order valence-corrected chi connectivity index (χ0v) is 10.9. The maximum atomic E-state index is 6.03. The number of rotatable bonds is 3. The molecule has 0 saturated carbocycles. The van der Waals surface area contributed by atoms with Gasteiger partial charge in [-0.1, -0.05) is 12.1 Å². The van der Waals surface area contributed by atoms with Gasteiger partial charge >= 0.3 is 0 Å². The number of hydrogen-bond acceptors (Lipinski definition) is 3. The Kier molecular flexibility index (Phi) is 3.07. The normalized spacial score (nSPS) is 13.5. The van der Waals surface area contributed by atoms with E-state index < -0.39 is 0 Å². The molecule has 4 nitrogen and oxygen atoms in total. The largest absolute Gasteiger partial charge is 0.369 e. The highest BCUT2D eigenvalue weighted by atomic mass is 15.2. The van der Waals surface area contributed by atoms with Crippen LogP contribution in [0.3, 0.4) is 0 Å². The van der Waals surface area contributed by atoms with Crippen LogP contribution < -0.4 is 5.73 Å². The van der Waals surface area contributed by atoms with Gasteiger partial charge in [0, 0.05) is 12.6 Å². The van der Waals surface area contributed by atoms with Crippen molar-refractivity contribution >= 4 is 17.0 Å². The second-order valence-corrected chi connectivity index (χ2v) is 4.89. The Labute approximate surface area is 102 Å². The first-order valence-electron chi connectivity index (χ1n) is 5.88. The Hall–Kier alpha value is -1.55. The van der Waals surface area contributed by atoms with Crippen LogP contribution in [0.1, 0.15) is 18.5 Å². The second-order valence-electron chi connectivity index (χ2n) is 4.89. The van der Waals surface area contributed by atoms with Crippen LogP contribution in [0, 0.1) is 6.92 Å². The van der Waals surface area contributed by atoms with Crippen molar-refractivity contribution < 1.29 is 0 Å². The van der Waals surface area contributed by atoms with Crippen molar-refractivity contribution in [3.05, 3.63) is 23.8 Å². The fraction of sp³-hybridized carbons (Fsp3) is 0.462. The van der Waals surface area contributed by atoms with E-state index >= 15 is 0 Å². The van der Waals surface area contributed by atoms with Crippen molar-refractivity contribution in [2.75, 3.05) is 26.4 Å². The standard InChI is InChI=1S/C13H20N4/c1-9-6-5-7-11-12(9)15-13(14)17(11)10(2)8-16(3)4/h5-7,10H,8H2,1-4H3,(H2,14,15). The van der Waals surface area contributed by atoms with Crippen molar-refractivity contribution in [3.63, 3.8) is 0 Å². The number of benzene rings is 1. The van der Waals surface area contributed by atoms with Crippen LogP contribution in [-0.4, -0.2) is 35.1 Å². The molecule has 0 spiro atoms. The number of para-hydroxylation sites is 1. The van der Waals surface area contributed by atoms with E-state index in [9.17, 15) is 0 Å². The van der Waals surface area contributed by atoms with E-state index in [1.54, 1.807) is 0 Å². The quantitative estimate of drug-likeness (QED) is 0.881. The van der Waals surface area contributed by atoms with E-state index in [0.29, 0.717) is 12.0 Å². The monoisotopic (exact) mass is 232 g/mol. The van der Waals surface area contributed by atoms with Crippen molar-refractivity contribution in [1.82, 2.24) is 14.5 Å². The van der Waals surface area contributed by atoms with Crippen LogP contribution in [0.25, 0.3) is 11.0 Å². The van der Waals surface area contributed by atoms with E-state index in [0.717, 1.165) is 17.6 Å². The predicted molar refractivity (Wildman–Crippen MR) is 72.1 cm³/mol. The van der Waals surface area contributed by atoms with Gasteiger partial charge in [0.25, 0.3) is 0 Å². The molecule has 2 aromatic rings. The maximum Gasteiger partial charge on any atom is 0.201 e. The van der Waals surface area contributed by atoms with Crippen LogP contribution in [-0.2, 0) is 0 Å². The summed E-state index contributed by atoms with van der Waals surface area (Å²) in [4.78, 5) is 6.62. The average molecular weight is 232 g/mol. The highest BCUT2D eigenvalue weighted by Gasteiger charge is 2.15. The van der Waals surface area contributed by atoms with Crippen molar-refractivity contribution in [2.24, 2.45) is 0 Å². The molecule has 2 rings (SSSR count). The van der Waals surface area contributed by atoms with Gasteiger partial charge in [0.05, 0.1) is 11.0 Å². The Balaban J connectivity index is 2.53. The molecule has 1 aromatic heterocycles. The van der Waals surface area contributed by atoms with E-state index in [2.05, 4.69) is 60.6 Å². The number of hydrogen-bond donors (Lipinski definition) is 1. The van der Waals surface area contributed by atoms with Gasteiger partial charge < -0.3 is 15.2 Å². The number of aromatic nitrogens is 2. The van der Waals surface area contributed by atoms with Gasteiger partial charge in [-0.25, -0.2) is 4.98 Å². The summed E-state index contributed by atoms with van der Waals surface area (Å²) in [6, 6.07) is 6.52. The van der Waals surface area contributed by atoms with Crippen LogP contribution in [0.4, 0.5) is 5.95 Å². The zero-order chi connectivity index (χ0) is 12.6. The van der Waals surface area contributed by atoms with E-state index in [1.807, 2.05) is 0 Å². The molecular weight excluding hydrogens is 212 g/mol. The Morgan fingerprint density at radius 1 is 1.41 bits per heavy atom. The lowest BCUT2D eigenvalue weighted by molar-refractivity contribution is 0.342. The lowest BCUT2D eigenvalue weighted by atomic mass is 10.2. The average Bonchev–Trinajstić information content (AvgIpc) is 2.55. The Bertz CT molecular complexity index is 527. The van der Waals surface area contributed by atoms with Gasteiger partial charge in [-0.15, -0.1) is 0 Å². The second kappa shape index (κ2) is 4.37. The molecule has 1 heterocycles. The minimum atomic E-state index is 0.316. The zero-order valence-electron chi connectivity index (χ0n) is 10.9. The topological polar surface area (TPSA) is 47.1 Å². The number of imidazole rings is 1. The smallest absolute Gasteiger partial charge is 0.201 e. The molecule has 0 saturated heterocycles. The van der Waals surface area contributed by atoms with Crippen LogP contribution >= 0.6 is 0 Å². The third-order valence-electron chi connectivity index (χ3n) is 3.02. The van der Waals surface area contributed by atoms with Gasteiger partial charge in [-0.05, 0) is 39.6 Å². The van der Waals surface area contributed by atoms with Crippen LogP contribution in [0.15, 0.2) is 18.2 Å². The minimum Gasteiger partial charge on any atom is -0.369 e. The van der Waals surface area contributed by atoms with Gasteiger partial charge in [0.1, 0.15) is 0 Å². The predicted octanol–water partition coefficient (Wildman–Crippen LogP) is 2.05. The molecule has 17 heavy (non-hydrogen) atoms. The summed E-state index contributed by atoms with van der Waals surface area (Å²) in [7, 11) is 4.13. The van der Waals surface area contributed by atoms with Crippen LogP contribution in [0.2, 0.25) is 0 Å². The number of likely N-dealkylation sites (N-methyl/N-ethyl adjacent to an activating group) is 1. The molecule has 2 N–H and O–H groups in total. The summed E-state index contributed by atoms with van der Waals surface area (Å²) in [5.41, 5.74) is 9.34. The van der Waals surface area contributed by atoms with Gasteiger partial charge in [-0.3, -0.25) is 0 Å². The summed E-state index contributed by atoms with van der Waals surface area (Å²) in [5.74, 6) is 0.601. The van der Waals surface area contributed by atoms with Crippen molar-refractivity contribution in [1.29, 1.82) is 0 Å². The summed E-state index contributed by atoms with van der Waals surface area (Å²) >= 11 is 0.